The number of hydrogen-bond donors (Lipinski definition) is 0. The highest BCUT2D eigenvalue weighted by molar-refractivity contribution is 7.88. The smallest absolute Gasteiger partial charge is 0.337 e. The number of likely N-dealkylation sites (N-methyl/N-ethyl adjacent to an activating group) is 1. The summed E-state index contributed by atoms with van der Waals surface area (Å²) in [5, 5.41) is 0. The van der Waals surface area contributed by atoms with E-state index in [1.165, 1.54) is 17.5 Å². The van der Waals surface area contributed by atoms with Gasteiger partial charge in [-0.2, -0.15) is 0 Å². The summed E-state index contributed by atoms with van der Waals surface area (Å²) in [5.41, 5.74) is 1.72. The molecule has 0 bridgehead atoms. The number of aromatic nitrogens is 1. The summed E-state index contributed by atoms with van der Waals surface area (Å²) in [6, 6.07) is 12.0. The molecule has 0 aliphatic carbocycles. The van der Waals surface area contributed by atoms with Crippen LogP contribution >= 0.6 is 0 Å². The molecular weight excluding hydrogens is 328 g/mol. The average Bonchev–Trinajstić information content (AvgIpc) is 2.59. The summed E-state index contributed by atoms with van der Waals surface area (Å²) in [4.78, 5) is 15.7. The monoisotopic (exact) mass is 348 g/mol. The van der Waals surface area contributed by atoms with Crippen LogP contribution in [0.2, 0.25) is 0 Å². The fourth-order valence-corrected chi connectivity index (χ4v) is 3.37. The van der Waals surface area contributed by atoms with Crippen molar-refractivity contribution in [2.75, 3.05) is 20.7 Å². The van der Waals surface area contributed by atoms with Crippen LogP contribution in [0.25, 0.3) is 0 Å². The van der Waals surface area contributed by atoms with Crippen LogP contribution in [0, 0.1) is 0 Å². The van der Waals surface area contributed by atoms with Crippen molar-refractivity contribution in [3.8, 4) is 0 Å². The molecule has 0 fully saturated rings. The second-order valence-corrected chi connectivity index (χ2v) is 7.42. The van der Waals surface area contributed by atoms with Crippen LogP contribution < -0.4 is 0 Å². The SMILES string of the molecule is COC(=O)c1cccc(CS(=O)(=O)N(C)CCc2ccccn2)c1. The van der Waals surface area contributed by atoms with Gasteiger partial charge in [-0.25, -0.2) is 17.5 Å². The van der Waals surface area contributed by atoms with Crippen LogP contribution in [0.5, 0.6) is 0 Å². The molecule has 128 valence electrons. The number of sulfonamides is 1. The summed E-state index contributed by atoms with van der Waals surface area (Å²) in [7, 11) is -0.646. The third-order valence-electron chi connectivity index (χ3n) is 3.58. The Balaban J connectivity index is 2.03. The molecule has 0 aliphatic rings. The first-order chi connectivity index (χ1) is 11.4. The quantitative estimate of drug-likeness (QED) is 0.714. The van der Waals surface area contributed by atoms with E-state index >= 15 is 0 Å². The summed E-state index contributed by atoms with van der Waals surface area (Å²) >= 11 is 0. The van der Waals surface area contributed by atoms with Gasteiger partial charge in [0.2, 0.25) is 10.0 Å². The lowest BCUT2D eigenvalue weighted by atomic mass is 10.1. The zero-order valence-corrected chi connectivity index (χ0v) is 14.5. The fourth-order valence-electron chi connectivity index (χ4n) is 2.18. The largest absolute Gasteiger partial charge is 0.465 e. The van der Waals surface area contributed by atoms with Crippen molar-refractivity contribution in [2.24, 2.45) is 0 Å². The molecule has 0 spiro atoms. The fraction of sp³-hybridized carbons (Fsp3) is 0.294. The summed E-state index contributed by atoms with van der Waals surface area (Å²) < 4.78 is 30.9. The maximum Gasteiger partial charge on any atom is 0.337 e. The predicted molar refractivity (Wildman–Crippen MR) is 91.0 cm³/mol. The van der Waals surface area contributed by atoms with E-state index in [1.54, 1.807) is 31.4 Å². The first kappa shape index (κ1) is 18.1. The molecule has 7 heteroatoms. The van der Waals surface area contributed by atoms with Crippen LogP contribution in [0.15, 0.2) is 48.7 Å². The van der Waals surface area contributed by atoms with Gasteiger partial charge in [0.05, 0.1) is 18.4 Å². The van der Waals surface area contributed by atoms with Crippen molar-refractivity contribution >= 4 is 16.0 Å². The Morgan fingerprint density at radius 3 is 2.67 bits per heavy atom. The Labute approximate surface area is 142 Å². The normalized spacial score (nSPS) is 11.5. The van der Waals surface area contributed by atoms with Crippen molar-refractivity contribution in [3.63, 3.8) is 0 Å². The molecule has 6 nitrogen and oxygen atoms in total. The number of rotatable bonds is 7. The van der Waals surface area contributed by atoms with Gasteiger partial charge in [0.25, 0.3) is 0 Å². The minimum absolute atomic E-state index is 0.170. The van der Waals surface area contributed by atoms with E-state index in [-0.39, 0.29) is 5.75 Å². The minimum Gasteiger partial charge on any atom is -0.465 e. The van der Waals surface area contributed by atoms with Crippen molar-refractivity contribution in [1.82, 2.24) is 9.29 Å². The number of nitrogens with zero attached hydrogens (tertiary/aromatic N) is 2. The third-order valence-corrected chi connectivity index (χ3v) is 5.41. The molecule has 24 heavy (non-hydrogen) atoms. The first-order valence-corrected chi connectivity index (χ1v) is 9.04. The van der Waals surface area contributed by atoms with E-state index in [4.69, 9.17) is 0 Å². The van der Waals surface area contributed by atoms with Crippen molar-refractivity contribution in [1.29, 1.82) is 0 Å². The zero-order valence-electron chi connectivity index (χ0n) is 13.7. The molecule has 0 amide bonds. The van der Waals surface area contributed by atoms with Crippen LogP contribution in [-0.2, 0) is 26.9 Å². The standard InChI is InChI=1S/C17H20N2O4S/c1-19(11-9-16-8-3-4-10-18-16)24(21,22)13-14-6-5-7-15(12-14)17(20)23-2/h3-8,10,12H,9,11,13H2,1-2H3. The van der Waals surface area contributed by atoms with Crippen LogP contribution in [-0.4, -0.2) is 44.4 Å². The van der Waals surface area contributed by atoms with Gasteiger partial charge >= 0.3 is 5.97 Å². The van der Waals surface area contributed by atoms with E-state index in [0.29, 0.717) is 24.1 Å². The number of pyridine rings is 1. The van der Waals surface area contributed by atoms with Crippen molar-refractivity contribution < 1.29 is 17.9 Å². The number of benzene rings is 1. The highest BCUT2D eigenvalue weighted by Gasteiger charge is 2.19. The van der Waals surface area contributed by atoms with E-state index in [1.807, 2.05) is 18.2 Å². The molecule has 0 atom stereocenters. The number of methoxy groups -OCH3 is 1. The van der Waals surface area contributed by atoms with Crippen molar-refractivity contribution in [2.45, 2.75) is 12.2 Å². The molecule has 0 radical (unpaired) electrons. The topological polar surface area (TPSA) is 76.6 Å². The first-order valence-electron chi connectivity index (χ1n) is 7.43. The number of hydrogen-bond acceptors (Lipinski definition) is 5. The highest BCUT2D eigenvalue weighted by Crippen LogP contribution is 2.13. The molecular formula is C17H20N2O4S. The Morgan fingerprint density at radius 1 is 1.21 bits per heavy atom. The molecule has 0 saturated carbocycles. The van der Waals surface area contributed by atoms with E-state index in [2.05, 4.69) is 9.72 Å². The Morgan fingerprint density at radius 2 is 2.00 bits per heavy atom. The molecule has 0 saturated heterocycles. The highest BCUT2D eigenvalue weighted by atomic mass is 32.2. The molecule has 2 rings (SSSR count). The van der Waals surface area contributed by atoms with Crippen LogP contribution in [0.3, 0.4) is 0 Å². The maximum absolute atomic E-state index is 12.5. The lowest BCUT2D eigenvalue weighted by Gasteiger charge is -2.17. The summed E-state index contributed by atoms with van der Waals surface area (Å²) in [6.45, 7) is 0.343. The molecule has 1 aromatic carbocycles. The Kier molecular flexibility index (Phi) is 6.05. The summed E-state index contributed by atoms with van der Waals surface area (Å²) in [6.07, 6.45) is 2.22. The molecule has 2 aromatic rings. The minimum atomic E-state index is -3.48. The average molecular weight is 348 g/mol. The Hall–Kier alpha value is -2.25. The Bertz CT molecular complexity index is 791. The van der Waals surface area contributed by atoms with Gasteiger partial charge in [-0.05, 0) is 29.8 Å². The lowest BCUT2D eigenvalue weighted by molar-refractivity contribution is 0.0600. The lowest BCUT2D eigenvalue weighted by Crippen LogP contribution is -2.30. The second kappa shape index (κ2) is 8.03. The van der Waals surface area contributed by atoms with E-state index in [0.717, 1.165) is 5.69 Å². The van der Waals surface area contributed by atoms with Crippen molar-refractivity contribution in [3.05, 3.63) is 65.5 Å². The number of esters is 1. The second-order valence-electron chi connectivity index (χ2n) is 5.34. The molecule has 1 aromatic heterocycles. The molecule has 0 unspecified atom stereocenters. The maximum atomic E-state index is 12.5. The van der Waals surface area contributed by atoms with Gasteiger partial charge < -0.3 is 4.74 Å². The van der Waals surface area contributed by atoms with Gasteiger partial charge in [-0.15, -0.1) is 0 Å². The van der Waals surface area contributed by atoms with Gasteiger partial charge in [0.1, 0.15) is 0 Å². The van der Waals surface area contributed by atoms with Gasteiger partial charge in [0.15, 0.2) is 0 Å². The van der Waals surface area contributed by atoms with Crippen LogP contribution in [0.1, 0.15) is 21.6 Å². The molecule has 0 aliphatic heterocycles. The van der Waals surface area contributed by atoms with E-state index < -0.39 is 16.0 Å². The van der Waals surface area contributed by atoms with E-state index in [9.17, 15) is 13.2 Å². The zero-order chi connectivity index (χ0) is 17.6. The van der Waals surface area contributed by atoms with Gasteiger partial charge in [-0.3, -0.25) is 4.98 Å². The number of carbonyl (C=O) groups excluding carboxylic acids is 1. The third kappa shape index (κ3) is 4.87. The molecule has 1 heterocycles. The molecule has 0 N–H and O–H groups in total. The van der Waals surface area contributed by atoms with Gasteiger partial charge in [-0.1, -0.05) is 18.2 Å². The number of ether oxygens (including phenoxy) is 1. The van der Waals surface area contributed by atoms with Gasteiger partial charge in [0, 0.05) is 31.9 Å². The number of carbonyl (C=O) groups is 1. The van der Waals surface area contributed by atoms with Crippen LogP contribution in [0.4, 0.5) is 0 Å². The summed E-state index contributed by atoms with van der Waals surface area (Å²) in [5.74, 6) is -0.658. The predicted octanol–water partition coefficient (Wildman–Crippen LogP) is 1.87.